The summed E-state index contributed by atoms with van der Waals surface area (Å²) in [6, 6.07) is 9.39. The summed E-state index contributed by atoms with van der Waals surface area (Å²) in [7, 11) is 0. The van der Waals surface area contributed by atoms with Crippen LogP contribution in [0.25, 0.3) is 6.08 Å². The Morgan fingerprint density at radius 1 is 1.26 bits per heavy atom. The Kier molecular flexibility index (Phi) is 5.26. The molecule has 6 heteroatoms. The first-order chi connectivity index (χ1) is 11.3. The van der Waals surface area contributed by atoms with Crippen LogP contribution in [0.3, 0.4) is 0 Å². The number of ether oxygens (including phenoxy) is 2. The zero-order chi connectivity index (χ0) is 15.9. The van der Waals surface area contributed by atoms with E-state index in [0.29, 0.717) is 12.3 Å². The number of carbonyl (C=O) groups excluding carboxylic acids is 1. The van der Waals surface area contributed by atoms with Crippen LogP contribution in [0.1, 0.15) is 11.3 Å². The van der Waals surface area contributed by atoms with E-state index in [9.17, 15) is 4.79 Å². The third-order valence-corrected chi connectivity index (χ3v) is 4.18. The summed E-state index contributed by atoms with van der Waals surface area (Å²) >= 11 is 1.72. The summed E-state index contributed by atoms with van der Waals surface area (Å²) in [5.41, 5.74) is 0.900. The topological polar surface area (TPSA) is 60.7 Å². The molecule has 0 atom stereocenters. The van der Waals surface area contributed by atoms with E-state index in [1.165, 1.54) is 6.08 Å². The van der Waals surface area contributed by atoms with Gasteiger partial charge in [-0.1, -0.05) is 6.07 Å². The molecule has 0 saturated heterocycles. The van der Waals surface area contributed by atoms with Gasteiger partial charge in [0, 0.05) is 18.4 Å². The fourth-order valence-electron chi connectivity index (χ4n) is 2.06. The highest BCUT2D eigenvalue weighted by molar-refractivity contribution is 7.98. The van der Waals surface area contributed by atoms with Gasteiger partial charge in [-0.05, 0) is 35.9 Å². The SMILES string of the molecule is O=C(/C=C/c1ccc2c(c1)OCO2)NCCSCc1ccco1. The molecule has 1 aliphatic rings. The number of furan rings is 1. The molecule has 1 N–H and O–H groups in total. The Morgan fingerprint density at radius 2 is 2.17 bits per heavy atom. The van der Waals surface area contributed by atoms with E-state index in [4.69, 9.17) is 13.9 Å². The minimum atomic E-state index is -0.110. The van der Waals surface area contributed by atoms with Crippen LogP contribution in [-0.2, 0) is 10.5 Å². The van der Waals surface area contributed by atoms with E-state index in [1.54, 1.807) is 24.1 Å². The number of thioether (sulfide) groups is 1. The first kappa shape index (κ1) is 15.6. The van der Waals surface area contributed by atoms with Crippen molar-refractivity contribution in [1.82, 2.24) is 5.32 Å². The molecule has 120 valence electrons. The molecule has 2 heterocycles. The van der Waals surface area contributed by atoms with Gasteiger partial charge in [-0.25, -0.2) is 0 Å². The predicted octanol–water partition coefficient (Wildman–Crippen LogP) is 3.07. The van der Waals surface area contributed by atoms with Crippen molar-refractivity contribution in [3.63, 3.8) is 0 Å². The largest absolute Gasteiger partial charge is 0.468 e. The van der Waals surface area contributed by atoms with Gasteiger partial charge in [0.2, 0.25) is 12.7 Å². The number of nitrogens with one attached hydrogen (secondary N) is 1. The lowest BCUT2D eigenvalue weighted by molar-refractivity contribution is -0.116. The van der Waals surface area contributed by atoms with Gasteiger partial charge in [0.05, 0.1) is 12.0 Å². The van der Waals surface area contributed by atoms with E-state index < -0.39 is 0 Å². The molecule has 0 saturated carbocycles. The summed E-state index contributed by atoms with van der Waals surface area (Å²) in [6.45, 7) is 0.869. The second kappa shape index (κ2) is 7.78. The molecule has 0 aliphatic carbocycles. The lowest BCUT2D eigenvalue weighted by Crippen LogP contribution is -2.23. The standard InChI is InChI=1S/C17H17NO4S/c19-17(18-7-9-23-11-14-2-1-8-20-14)6-4-13-3-5-15-16(10-13)22-12-21-15/h1-6,8,10H,7,9,11-12H2,(H,18,19)/b6-4+. The summed E-state index contributed by atoms with van der Waals surface area (Å²) < 4.78 is 15.8. The van der Waals surface area contributed by atoms with Gasteiger partial charge in [-0.3, -0.25) is 4.79 Å². The van der Waals surface area contributed by atoms with Crippen LogP contribution in [0.4, 0.5) is 0 Å². The van der Waals surface area contributed by atoms with Crippen molar-refractivity contribution < 1.29 is 18.7 Å². The molecular formula is C17H17NO4S. The van der Waals surface area contributed by atoms with Gasteiger partial charge >= 0.3 is 0 Å². The second-order valence-electron chi connectivity index (χ2n) is 4.87. The number of rotatable bonds is 7. The Hall–Kier alpha value is -2.34. The maximum Gasteiger partial charge on any atom is 0.244 e. The van der Waals surface area contributed by atoms with Crippen molar-refractivity contribution in [1.29, 1.82) is 0 Å². The lowest BCUT2D eigenvalue weighted by atomic mass is 10.2. The summed E-state index contributed by atoms with van der Waals surface area (Å²) in [4.78, 5) is 11.8. The van der Waals surface area contributed by atoms with Crippen molar-refractivity contribution in [3.05, 3.63) is 54.0 Å². The second-order valence-corrected chi connectivity index (χ2v) is 5.97. The minimum Gasteiger partial charge on any atom is -0.468 e. The maximum atomic E-state index is 11.8. The molecule has 2 aromatic rings. The monoisotopic (exact) mass is 331 g/mol. The summed E-state index contributed by atoms with van der Waals surface area (Å²) in [6.07, 6.45) is 4.95. The molecule has 5 nitrogen and oxygen atoms in total. The Balaban J connectivity index is 1.37. The molecule has 0 bridgehead atoms. The number of hydrogen-bond donors (Lipinski definition) is 1. The van der Waals surface area contributed by atoms with Gasteiger partial charge in [0.25, 0.3) is 0 Å². The summed E-state index contributed by atoms with van der Waals surface area (Å²) in [5.74, 6) is 3.94. The molecule has 0 unspecified atom stereocenters. The van der Waals surface area contributed by atoms with Crippen LogP contribution < -0.4 is 14.8 Å². The minimum absolute atomic E-state index is 0.110. The van der Waals surface area contributed by atoms with E-state index in [1.807, 2.05) is 30.3 Å². The van der Waals surface area contributed by atoms with Crippen molar-refractivity contribution in [3.8, 4) is 11.5 Å². The fourth-order valence-corrected chi connectivity index (χ4v) is 2.82. The van der Waals surface area contributed by atoms with Crippen LogP contribution in [0.15, 0.2) is 47.1 Å². The normalized spacial score (nSPS) is 12.7. The molecule has 0 radical (unpaired) electrons. The zero-order valence-corrected chi connectivity index (χ0v) is 13.3. The smallest absolute Gasteiger partial charge is 0.244 e. The molecule has 1 amide bonds. The van der Waals surface area contributed by atoms with Crippen molar-refractivity contribution in [2.45, 2.75) is 5.75 Å². The molecular weight excluding hydrogens is 314 g/mol. The van der Waals surface area contributed by atoms with Gasteiger partial charge in [0.15, 0.2) is 11.5 Å². The lowest BCUT2D eigenvalue weighted by Gasteiger charge is -2.02. The van der Waals surface area contributed by atoms with Gasteiger partial charge in [0.1, 0.15) is 5.76 Å². The molecule has 0 fully saturated rings. The number of amides is 1. The first-order valence-electron chi connectivity index (χ1n) is 7.27. The number of carbonyl (C=O) groups is 1. The van der Waals surface area contributed by atoms with E-state index in [2.05, 4.69) is 5.32 Å². The third-order valence-electron chi connectivity index (χ3n) is 3.19. The molecule has 0 spiro atoms. The molecule has 23 heavy (non-hydrogen) atoms. The van der Waals surface area contributed by atoms with Crippen molar-refractivity contribution >= 4 is 23.7 Å². The summed E-state index contributed by atoms with van der Waals surface area (Å²) in [5, 5.41) is 2.85. The van der Waals surface area contributed by atoms with Gasteiger partial charge in [-0.2, -0.15) is 11.8 Å². The van der Waals surface area contributed by atoms with Crippen LogP contribution >= 0.6 is 11.8 Å². The average Bonchev–Trinajstić information content (AvgIpc) is 3.23. The van der Waals surface area contributed by atoms with Crippen LogP contribution in [0, 0.1) is 0 Å². The predicted molar refractivity (Wildman–Crippen MR) is 89.5 cm³/mol. The number of hydrogen-bond acceptors (Lipinski definition) is 5. The quantitative estimate of drug-likeness (QED) is 0.624. The van der Waals surface area contributed by atoms with Crippen molar-refractivity contribution in [2.24, 2.45) is 0 Å². The fraction of sp³-hybridized carbons (Fsp3) is 0.235. The number of fused-ring (bicyclic) bond motifs is 1. The molecule has 3 rings (SSSR count). The van der Waals surface area contributed by atoms with Crippen molar-refractivity contribution in [2.75, 3.05) is 19.1 Å². The first-order valence-corrected chi connectivity index (χ1v) is 8.42. The highest BCUT2D eigenvalue weighted by atomic mass is 32.2. The third kappa shape index (κ3) is 4.56. The highest BCUT2D eigenvalue weighted by Gasteiger charge is 2.12. The van der Waals surface area contributed by atoms with E-state index in [-0.39, 0.29) is 12.7 Å². The highest BCUT2D eigenvalue weighted by Crippen LogP contribution is 2.32. The van der Waals surface area contributed by atoms with Crippen LogP contribution in [0.2, 0.25) is 0 Å². The average molecular weight is 331 g/mol. The molecule has 1 aromatic carbocycles. The van der Waals surface area contributed by atoms with Gasteiger partial charge < -0.3 is 19.2 Å². The molecule has 1 aromatic heterocycles. The Bertz CT molecular complexity index is 682. The van der Waals surface area contributed by atoms with E-state index >= 15 is 0 Å². The Morgan fingerprint density at radius 3 is 3.04 bits per heavy atom. The zero-order valence-electron chi connectivity index (χ0n) is 12.5. The van der Waals surface area contributed by atoms with E-state index in [0.717, 1.165) is 28.6 Å². The maximum absolute atomic E-state index is 11.8. The van der Waals surface area contributed by atoms with Crippen LogP contribution in [-0.4, -0.2) is 25.0 Å². The molecule has 1 aliphatic heterocycles. The van der Waals surface area contributed by atoms with Gasteiger partial charge in [-0.15, -0.1) is 0 Å². The number of benzene rings is 1. The van der Waals surface area contributed by atoms with Crippen LogP contribution in [0.5, 0.6) is 11.5 Å². The Labute approximate surface area is 138 Å².